The van der Waals surface area contributed by atoms with Gasteiger partial charge in [-0.25, -0.2) is 4.98 Å². The average molecular weight is 411 g/mol. The summed E-state index contributed by atoms with van der Waals surface area (Å²) >= 11 is 0. The first kappa shape index (κ1) is 21.1. The molecule has 2 aliphatic rings. The van der Waals surface area contributed by atoms with Gasteiger partial charge in [0.25, 0.3) is 0 Å². The summed E-state index contributed by atoms with van der Waals surface area (Å²) in [6.07, 6.45) is 2.56. The van der Waals surface area contributed by atoms with E-state index in [1.54, 1.807) is 7.11 Å². The van der Waals surface area contributed by atoms with Gasteiger partial charge in [-0.3, -0.25) is 9.80 Å². The highest BCUT2D eigenvalue weighted by Crippen LogP contribution is 2.26. The van der Waals surface area contributed by atoms with Crippen LogP contribution in [0.15, 0.2) is 36.5 Å². The van der Waals surface area contributed by atoms with Gasteiger partial charge < -0.3 is 14.7 Å². The van der Waals surface area contributed by atoms with Crippen molar-refractivity contribution in [1.29, 1.82) is 0 Å². The van der Waals surface area contributed by atoms with Crippen molar-refractivity contribution in [3.05, 3.63) is 53.2 Å². The molecule has 1 aromatic heterocycles. The van der Waals surface area contributed by atoms with Crippen molar-refractivity contribution >= 4 is 5.82 Å². The Labute approximate surface area is 180 Å². The SMILES string of the molecule is COc1cc(C)c(CN2CC[C@H](N3CCN(c4ccccn4)CC3)[C@@H](O)C2)cc1C. The summed E-state index contributed by atoms with van der Waals surface area (Å²) in [5, 5.41) is 10.9. The third-order valence-electron chi connectivity index (χ3n) is 6.63. The van der Waals surface area contributed by atoms with Gasteiger partial charge in [-0.2, -0.15) is 0 Å². The minimum absolute atomic E-state index is 0.255. The topological polar surface area (TPSA) is 52.1 Å². The number of anilines is 1. The van der Waals surface area contributed by atoms with Gasteiger partial charge in [0.1, 0.15) is 11.6 Å². The second-order valence-electron chi connectivity index (χ2n) is 8.62. The zero-order chi connectivity index (χ0) is 21.1. The maximum absolute atomic E-state index is 10.9. The zero-order valence-electron chi connectivity index (χ0n) is 18.4. The van der Waals surface area contributed by atoms with Crippen molar-refractivity contribution in [2.45, 2.75) is 39.0 Å². The lowest BCUT2D eigenvalue weighted by molar-refractivity contribution is -0.0172. The van der Waals surface area contributed by atoms with Crippen LogP contribution in [0.1, 0.15) is 23.1 Å². The molecule has 0 spiro atoms. The Bertz CT molecular complexity index is 837. The zero-order valence-corrected chi connectivity index (χ0v) is 18.4. The number of pyridine rings is 1. The summed E-state index contributed by atoms with van der Waals surface area (Å²) in [5.41, 5.74) is 3.74. The van der Waals surface area contributed by atoms with Crippen molar-refractivity contribution in [3.63, 3.8) is 0 Å². The lowest BCUT2D eigenvalue weighted by Crippen LogP contribution is -2.58. The van der Waals surface area contributed by atoms with Crippen LogP contribution >= 0.6 is 0 Å². The van der Waals surface area contributed by atoms with Crippen LogP contribution in [-0.4, -0.2) is 78.4 Å². The van der Waals surface area contributed by atoms with Crippen molar-refractivity contribution in [2.24, 2.45) is 0 Å². The predicted molar refractivity (Wildman–Crippen MR) is 120 cm³/mol. The third kappa shape index (κ3) is 4.61. The number of β-amino-alcohol motifs (C(OH)–C–C–N with tert-alkyl or cyclic N) is 1. The molecule has 2 fully saturated rings. The Morgan fingerprint density at radius 1 is 1.07 bits per heavy atom. The van der Waals surface area contributed by atoms with Crippen LogP contribution in [0.2, 0.25) is 0 Å². The average Bonchev–Trinajstić information content (AvgIpc) is 2.77. The van der Waals surface area contributed by atoms with E-state index in [-0.39, 0.29) is 12.1 Å². The molecule has 1 aromatic carbocycles. The smallest absolute Gasteiger partial charge is 0.128 e. The number of piperazine rings is 1. The maximum atomic E-state index is 10.9. The summed E-state index contributed by atoms with van der Waals surface area (Å²) in [6.45, 7) is 10.8. The van der Waals surface area contributed by atoms with Gasteiger partial charge in [-0.15, -0.1) is 0 Å². The minimum atomic E-state index is -0.306. The van der Waals surface area contributed by atoms with Gasteiger partial charge in [0, 0.05) is 58.1 Å². The van der Waals surface area contributed by atoms with Crippen LogP contribution in [0.25, 0.3) is 0 Å². The molecule has 162 valence electrons. The molecule has 0 amide bonds. The predicted octanol–water partition coefficient (Wildman–Crippen LogP) is 2.46. The number of aryl methyl sites for hydroxylation is 2. The molecular formula is C24H34N4O2. The number of aliphatic hydroxyl groups is 1. The van der Waals surface area contributed by atoms with E-state index in [1.165, 1.54) is 16.7 Å². The summed E-state index contributed by atoms with van der Waals surface area (Å²) in [6, 6.07) is 10.7. The summed E-state index contributed by atoms with van der Waals surface area (Å²) < 4.78 is 5.44. The number of rotatable bonds is 5. The van der Waals surface area contributed by atoms with Gasteiger partial charge in [0.15, 0.2) is 0 Å². The van der Waals surface area contributed by atoms with E-state index in [9.17, 15) is 5.11 Å². The molecule has 4 rings (SSSR count). The van der Waals surface area contributed by atoms with E-state index in [4.69, 9.17) is 4.74 Å². The Morgan fingerprint density at radius 2 is 1.87 bits per heavy atom. The standard InChI is InChI=1S/C24H34N4O2/c1-18-15-23(30-3)19(2)14-20(18)16-26-9-7-21(22(29)17-26)27-10-12-28(13-11-27)24-6-4-5-8-25-24/h4-6,8,14-15,21-22,29H,7,9-13,16-17H2,1-3H3/t21-,22-/m0/s1. The number of likely N-dealkylation sites (tertiary alicyclic amines) is 1. The molecule has 2 aliphatic heterocycles. The highest BCUT2D eigenvalue weighted by Gasteiger charge is 2.34. The van der Waals surface area contributed by atoms with Gasteiger partial charge in [0.2, 0.25) is 0 Å². The van der Waals surface area contributed by atoms with Crippen molar-refractivity contribution in [1.82, 2.24) is 14.8 Å². The second kappa shape index (κ2) is 9.33. The highest BCUT2D eigenvalue weighted by atomic mass is 16.5. The number of methoxy groups -OCH3 is 1. The number of ether oxygens (including phenoxy) is 1. The molecule has 0 bridgehead atoms. The molecule has 2 aromatic rings. The van der Waals surface area contributed by atoms with Crippen LogP contribution in [0.4, 0.5) is 5.82 Å². The molecule has 2 saturated heterocycles. The lowest BCUT2D eigenvalue weighted by atomic mass is 9.97. The first-order chi connectivity index (χ1) is 14.5. The van der Waals surface area contributed by atoms with Gasteiger partial charge in [0.05, 0.1) is 13.2 Å². The summed E-state index contributed by atoms with van der Waals surface area (Å²) in [4.78, 5) is 11.7. The lowest BCUT2D eigenvalue weighted by Gasteiger charge is -2.45. The summed E-state index contributed by atoms with van der Waals surface area (Å²) in [7, 11) is 1.72. The number of aromatic nitrogens is 1. The molecule has 6 nitrogen and oxygen atoms in total. The molecule has 0 unspecified atom stereocenters. The van der Waals surface area contributed by atoms with Crippen LogP contribution in [0.3, 0.4) is 0 Å². The Hall–Kier alpha value is -2.15. The minimum Gasteiger partial charge on any atom is -0.496 e. The van der Waals surface area contributed by atoms with Crippen molar-refractivity contribution in [2.75, 3.05) is 51.3 Å². The molecular weight excluding hydrogens is 376 g/mol. The fourth-order valence-corrected chi connectivity index (χ4v) is 4.86. The van der Waals surface area contributed by atoms with Crippen LogP contribution in [0, 0.1) is 13.8 Å². The molecule has 0 radical (unpaired) electrons. The van der Waals surface area contributed by atoms with E-state index in [0.717, 1.165) is 63.8 Å². The fraction of sp³-hybridized carbons (Fsp3) is 0.542. The fourth-order valence-electron chi connectivity index (χ4n) is 4.86. The van der Waals surface area contributed by atoms with Gasteiger partial charge >= 0.3 is 0 Å². The molecule has 30 heavy (non-hydrogen) atoms. The quantitative estimate of drug-likeness (QED) is 0.817. The number of piperidine rings is 1. The van der Waals surface area contributed by atoms with Gasteiger partial charge in [-0.1, -0.05) is 12.1 Å². The Balaban J connectivity index is 1.31. The summed E-state index contributed by atoms with van der Waals surface area (Å²) in [5.74, 6) is 2.00. The first-order valence-electron chi connectivity index (χ1n) is 11.0. The second-order valence-corrected chi connectivity index (χ2v) is 8.62. The number of benzene rings is 1. The molecule has 6 heteroatoms. The Kier molecular flexibility index (Phi) is 6.56. The van der Waals surface area contributed by atoms with E-state index in [2.05, 4.69) is 51.7 Å². The maximum Gasteiger partial charge on any atom is 0.128 e. The number of nitrogens with zero attached hydrogens (tertiary/aromatic N) is 4. The number of hydrogen-bond donors (Lipinski definition) is 1. The van der Waals surface area contributed by atoms with E-state index in [1.807, 2.05) is 18.3 Å². The van der Waals surface area contributed by atoms with E-state index in [0.29, 0.717) is 0 Å². The van der Waals surface area contributed by atoms with E-state index >= 15 is 0 Å². The van der Waals surface area contributed by atoms with Crippen molar-refractivity contribution < 1.29 is 9.84 Å². The largest absolute Gasteiger partial charge is 0.496 e. The molecule has 2 atom stereocenters. The number of hydrogen-bond acceptors (Lipinski definition) is 6. The third-order valence-corrected chi connectivity index (χ3v) is 6.63. The monoisotopic (exact) mass is 410 g/mol. The molecule has 0 saturated carbocycles. The van der Waals surface area contributed by atoms with Crippen molar-refractivity contribution in [3.8, 4) is 5.75 Å². The van der Waals surface area contributed by atoms with Crippen LogP contribution in [0.5, 0.6) is 5.75 Å². The molecule has 1 N–H and O–H groups in total. The molecule has 0 aliphatic carbocycles. The number of aliphatic hydroxyl groups excluding tert-OH is 1. The highest BCUT2D eigenvalue weighted by molar-refractivity contribution is 5.41. The van der Waals surface area contributed by atoms with Crippen LogP contribution in [-0.2, 0) is 6.54 Å². The first-order valence-corrected chi connectivity index (χ1v) is 11.0. The van der Waals surface area contributed by atoms with Gasteiger partial charge in [-0.05, 0) is 55.2 Å². The normalized spacial score (nSPS) is 23.5. The molecule has 3 heterocycles. The van der Waals surface area contributed by atoms with Crippen LogP contribution < -0.4 is 9.64 Å². The van der Waals surface area contributed by atoms with E-state index < -0.39 is 0 Å². The Morgan fingerprint density at radius 3 is 2.53 bits per heavy atom.